The fraction of sp³-hybridized carbons (Fsp3) is 0.308. The zero-order valence-electron chi connectivity index (χ0n) is 20.2. The number of benzene rings is 1. The highest BCUT2D eigenvalue weighted by Gasteiger charge is 2.39. The fourth-order valence-electron chi connectivity index (χ4n) is 4.46. The van der Waals surface area contributed by atoms with Crippen LogP contribution in [-0.4, -0.2) is 39.6 Å². The van der Waals surface area contributed by atoms with Crippen molar-refractivity contribution in [3.63, 3.8) is 0 Å². The Morgan fingerprint density at radius 3 is 2.65 bits per heavy atom. The van der Waals surface area contributed by atoms with E-state index >= 15 is 0 Å². The van der Waals surface area contributed by atoms with Gasteiger partial charge >= 0.3 is 6.18 Å². The first-order valence-electron chi connectivity index (χ1n) is 11.5. The maximum absolute atomic E-state index is 13.9. The van der Waals surface area contributed by atoms with Crippen LogP contribution < -0.4 is 5.32 Å². The van der Waals surface area contributed by atoms with Crippen LogP contribution in [0.5, 0.6) is 0 Å². The summed E-state index contributed by atoms with van der Waals surface area (Å²) in [5.41, 5.74) is 0.935. The van der Waals surface area contributed by atoms with Crippen LogP contribution in [-0.2, 0) is 28.9 Å². The van der Waals surface area contributed by atoms with Crippen molar-refractivity contribution in [3.8, 4) is 17.2 Å². The van der Waals surface area contributed by atoms with Crippen molar-refractivity contribution < 1.29 is 22.8 Å². The molecular formula is C26H24F3N5O2S. The number of carbonyl (C=O) groups is 2. The maximum Gasteiger partial charge on any atom is 0.435 e. The minimum absolute atomic E-state index is 0.0161. The number of hydrogen-bond acceptors (Lipinski definition) is 5. The second kappa shape index (κ2) is 10.2. The van der Waals surface area contributed by atoms with Gasteiger partial charge in [0, 0.05) is 54.7 Å². The molecule has 1 N–H and O–H groups in total. The molecule has 4 rings (SSSR count). The van der Waals surface area contributed by atoms with E-state index < -0.39 is 17.8 Å². The monoisotopic (exact) mass is 527 g/mol. The molecule has 1 aliphatic rings. The number of amides is 2. The minimum Gasteiger partial charge on any atom is -0.352 e. The van der Waals surface area contributed by atoms with Gasteiger partial charge in [0.1, 0.15) is 10.9 Å². The molecule has 7 nitrogen and oxygen atoms in total. The smallest absolute Gasteiger partial charge is 0.352 e. The molecule has 0 spiro atoms. The van der Waals surface area contributed by atoms with Gasteiger partial charge in [-0.25, -0.2) is 0 Å². The summed E-state index contributed by atoms with van der Waals surface area (Å²) < 4.78 is 43.0. The van der Waals surface area contributed by atoms with Crippen molar-refractivity contribution in [2.45, 2.75) is 39.0 Å². The van der Waals surface area contributed by atoms with Crippen LogP contribution in [0.4, 0.5) is 13.2 Å². The molecule has 0 unspecified atom stereocenters. The first-order valence-corrected chi connectivity index (χ1v) is 12.3. The molecule has 2 amide bonds. The summed E-state index contributed by atoms with van der Waals surface area (Å²) in [5.74, 6) is -1.16. The van der Waals surface area contributed by atoms with Gasteiger partial charge in [0.15, 0.2) is 5.69 Å². The van der Waals surface area contributed by atoms with Crippen molar-refractivity contribution in [2.24, 2.45) is 0 Å². The van der Waals surface area contributed by atoms with E-state index in [1.54, 1.807) is 42.2 Å². The van der Waals surface area contributed by atoms with E-state index in [9.17, 15) is 28.0 Å². The summed E-state index contributed by atoms with van der Waals surface area (Å²) in [6.07, 6.45) is -3.27. The lowest BCUT2D eigenvalue weighted by atomic mass is 9.83. The molecule has 3 aromatic rings. The maximum atomic E-state index is 13.9. The predicted octanol–water partition coefficient (Wildman–Crippen LogP) is 4.69. The number of nitrogens with one attached hydrogen (secondary N) is 1. The molecule has 0 saturated heterocycles. The molecule has 192 valence electrons. The fourth-order valence-corrected chi connectivity index (χ4v) is 5.50. The summed E-state index contributed by atoms with van der Waals surface area (Å²) in [5, 5.41) is 15.8. The van der Waals surface area contributed by atoms with Crippen molar-refractivity contribution >= 4 is 23.2 Å². The number of aromatic nitrogens is 2. The molecule has 0 aliphatic carbocycles. The third kappa shape index (κ3) is 5.29. The van der Waals surface area contributed by atoms with Gasteiger partial charge in [0.25, 0.3) is 5.91 Å². The highest BCUT2D eigenvalue weighted by molar-refractivity contribution is 7.12. The Hall–Kier alpha value is -3.91. The Morgan fingerprint density at radius 1 is 1.27 bits per heavy atom. The second-order valence-corrected chi connectivity index (χ2v) is 9.82. The third-order valence-corrected chi connectivity index (χ3v) is 7.23. The number of carbonyl (C=O) groups excluding carboxylic acids is 2. The zero-order chi connectivity index (χ0) is 26.9. The van der Waals surface area contributed by atoms with Crippen LogP contribution in [0.1, 0.15) is 46.3 Å². The van der Waals surface area contributed by atoms with Gasteiger partial charge in [0.2, 0.25) is 5.91 Å². The highest BCUT2D eigenvalue weighted by atomic mass is 32.1. The van der Waals surface area contributed by atoms with E-state index in [-0.39, 0.29) is 49.1 Å². The first-order chi connectivity index (χ1) is 17.5. The molecule has 37 heavy (non-hydrogen) atoms. The predicted molar refractivity (Wildman–Crippen MR) is 132 cm³/mol. The average Bonchev–Trinajstić information content (AvgIpc) is 3.50. The van der Waals surface area contributed by atoms with Crippen LogP contribution in [0.2, 0.25) is 0 Å². The molecule has 0 radical (unpaired) electrons. The molecule has 0 bridgehead atoms. The standard InChI is InChI=1S/C26H24F3N5O2S/c1-4-34-13-22(24(32-34)26(27,28)29)19-8-6-5-7-18(19)21-12-33(25(36)15(2)11-31-16(3)35)14-23-20(21)9-17(10-30)37-23/h5-9,13,21H,2,4,11-12,14H2,1,3H3,(H,31,35)/t21-/m0/s1. The van der Waals surface area contributed by atoms with Crippen molar-refractivity contribution in [2.75, 3.05) is 13.1 Å². The molecule has 2 aromatic heterocycles. The lowest BCUT2D eigenvalue weighted by molar-refractivity contribution is -0.141. The molecule has 1 aromatic carbocycles. The molecule has 1 aliphatic heterocycles. The van der Waals surface area contributed by atoms with Crippen LogP contribution >= 0.6 is 11.3 Å². The Labute approximate surface area is 215 Å². The Bertz CT molecular complexity index is 1420. The SMILES string of the molecule is C=C(CNC(C)=O)C(=O)N1Cc2sc(C#N)cc2[C@H](c2ccccc2-c2cn(CC)nc2C(F)(F)F)C1. The number of nitriles is 1. The van der Waals surface area contributed by atoms with Gasteiger partial charge in [-0.1, -0.05) is 30.8 Å². The van der Waals surface area contributed by atoms with Gasteiger partial charge in [0.05, 0.1) is 6.54 Å². The van der Waals surface area contributed by atoms with Gasteiger partial charge in [-0.2, -0.15) is 23.5 Å². The van der Waals surface area contributed by atoms with E-state index in [2.05, 4.69) is 23.1 Å². The van der Waals surface area contributed by atoms with E-state index in [1.807, 2.05) is 0 Å². The number of rotatable bonds is 6. The van der Waals surface area contributed by atoms with Crippen LogP contribution in [0.25, 0.3) is 11.1 Å². The molecule has 0 fully saturated rings. The van der Waals surface area contributed by atoms with E-state index in [0.29, 0.717) is 16.0 Å². The Kier molecular flexibility index (Phi) is 7.23. The molecular weight excluding hydrogens is 503 g/mol. The molecule has 3 heterocycles. The van der Waals surface area contributed by atoms with Gasteiger partial charge in [-0.15, -0.1) is 11.3 Å². The number of thiophene rings is 1. The Morgan fingerprint density at radius 2 is 2.00 bits per heavy atom. The number of hydrogen-bond donors (Lipinski definition) is 1. The summed E-state index contributed by atoms with van der Waals surface area (Å²) in [6, 6.07) is 10.6. The van der Waals surface area contributed by atoms with Gasteiger partial charge in [-0.05, 0) is 29.7 Å². The van der Waals surface area contributed by atoms with Crippen LogP contribution in [0.15, 0.2) is 48.7 Å². The summed E-state index contributed by atoms with van der Waals surface area (Å²) in [4.78, 5) is 27.3. The first kappa shape index (κ1) is 26.2. The average molecular weight is 528 g/mol. The van der Waals surface area contributed by atoms with Gasteiger partial charge < -0.3 is 10.2 Å². The summed E-state index contributed by atoms with van der Waals surface area (Å²) in [7, 11) is 0. The summed E-state index contributed by atoms with van der Waals surface area (Å²) >= 11 is 1.25. The zero-order valence-corrected chi connectivity index (χ0v) is 21.0. The Balaban J connectivity index is 1.81. The van der Waals surface area contributed by atoms with E-state index in [0.717, 1.165) is 10.4 Å². The topological polar surface area (TPSA) is 91.0 Å². The number of halogens is 3. The largest absolute Gasteiger partial charge is 0.435 e. The lowest BCUT2D eigenvalue weighted by Gasteiger charge is -2.34. The number of aryl methyl sites for hydroxylation is 1. The second-order valence-electron chi connectivity index (χ2n) is 8.68. The third-order valence-electron chi connectivity index (χ3n) is 6.19. The molecule has 1 atom stereocenters. The summed E-state index contributed by atoms with van der Waals surface area (Å²) in [6.45, 7) is 7.51. The van der Waals surface area contributed by atoms with Crippen molar-refractivity contribution in [1.29, 1.82) is 5.26 Å². The quantitative estimate of drug-likeness (QED) is 0.471. The molecule has 11 heteroatoms. The van der Waals surface area contributed by atoms with E-state index in [4.69, 9.17) is 0 Å². The molecule has 0 saturated carbocycles. The minimum atomic E-state index is -4.65. The van der Waals surface area contributed by atoms with Crippen molar-refractivity contribution in [3.05, 3.63) is 75.3 Å². The van der Waals surface area contributed by atoms with Gasteiger partial charge in [-0.3, -0.25) is 14.3 Å². The van der Waals surface area contributed by atoms with Crippen molar-refractivity contribution in [1.82, 2.24) is 20.0 Å². The number of fused-ring (bicyclic) bond motifs is 1. The number of alkyl halides is 3. The normalized spacial score (nSPS) is 15.1. The van der Waals surface area contributed by atoms with E-state index in [1.165, 1.54) is 29.1 Å². The highest BCUT2D eigenvalue weighted by Crippen LogP contribution is 2.44. The van der Waals surface area contributed by atoms with Crippen LogP contribution in [0.3, 0.4) is 0 Å². The number of nitrogens with zero attached hydrogens (tertiary/aromatic N) is 4. The van der Waals surface area contributed by atoms with Crippen LogP contribution in [0, 0.1) is 11.3 Å². The lowest BCUT2D eigenvalue weighted by Crippen LogP contribution is -2.40.